The van der Waals surface area contributed by atoms with Gasteiger partial charge in [0, 0.05) is 13.1 Å². The van der Waals surface area contributed by atoms with Gasteiger partial charge < -0.3 is 5.32 Å². The van der Waals surface area contributed by atoms with E-state index in [-0.39, 0.29) is 17.9 Å². The third-order valence-electron chi connectivity index (χ3n) is 3.34. The Morgan fingerprint density at radius 1 is 1.50 bits per heavy atom. The molecule has 1 aromatic heterocycles. The van der Waals surface area contributed by atoms with Crippen LogP contribution >= 0.6 is 15.9 Å². The van der Waals surface area contributed by atoms with E-state index >= 15 is 0 Å². The number of nitrogens with two attached hydrogens (primary N) is 1. The van der Waals surface area contributed by atoms with E-state index in [1.54, 1.807) is 6.20 Å². The van der Waals surface area contributed by atoms with Crippen molar-refractivity contribution in [2.45, 2.75) is 25.8 Å². The maximum Gasteiger partial charge on any atom is 0.291 e. The molecule has 0 spiro atoms. The molecule has 0 atom stereocenters. The number of rotatable bonds is 6. The summed E-state index contributed by atoms with van der Waals surface area (Å²) in [5.74, 6) is 0.280. The summed E-state index contributed by atoms with van der Waals surface area (Å²) < 4.78 is 23.7. The Morgan fingerprint density at radius 3 is 2.75 bits per heavy atom. The summed E-state index contributed by atoms with van der Waals surface area (Å²) in [4.78, 5) is 12.2. The second kappa shape index (κ2) is 6.23. The Hall–Kier alpha value is -0.930. The number of primary sulfonamides is 1. The zero-order valence-corrected chi connectivity index (χ0v) is 13.3. The fraction of sp³-hybridized carbons (Fsp3) is 0.636. The number of anilines is 1. The van der Waals surface area contributed by atoms with Crippen molar-refractivity contribution < 1.29 is 8.42 Å². The van der Waals surface area contributed by atoms with E-state index < -0.39 is 10.0 Å². The normalized spacial score (nSPS) is 15.9. The molecular weight excluding hydrogens is 348 g/mol. The second-order valence-corrected chi connectivity index (χ2v) is 7.53. The van der Waals surface area contributed by atoms with Gasteiger partial charge in [0.25, 0.3) is 5.56 Å². The largest absolute Gasteiger partial charge is 0.378 e. The number of sulfonamides is 1. The standard InChI is InChI=1S/C11H17BrN4O3S/c12-9-6-15-16(7-8-2-1-3-8)11(17)10(9)14-4-5-20(13,18)19/h6,8,14H,1-5,7H2,(H2,13,18,19). The van der Waals surface area contributed by atoms with Crippen LogP contribution in [0.2, 0.25) is 0 Å². The van der Waals surface area contributed by atoms with Crippen LogP contribution in [0.4, 0.5) is 5.69 Å². The van der Waals surface area contributed by atoms with Gasteiger partial charge in [0.05, 0.1) is 16.4 Å². The third-order valence-corrected chi connectivity index (χ3v) is 4.72. The molecule has 0 aliphatic heterocycles. The summed E-state index contributed by atoms with van der Waals surface area (Å²) in [6.07, 6.45) is 4.99. The van der Waals surface area contributed by atoms with E-state index in [9.17, 15) is 13.2 Å². The van der Waals surface area contributed by atoms with Crippen molar-refractivity contribution >= 4 is 31.6 Å². The first-order valence-electron chi connectivity index (χ1n) is 6.37. The van der Waals surface area contributed by atoms with Gasteiger partial charge >= 0.3 is 0 Å². The van der Waals surface area contributed by atoms with Gasteiger partial charge in [-0.15, -0.1) is 0 Å². The number of halogens is 1. The summed E-state index contributed by atoms with van der Waals surface area (Å²) in [7, 11) is -3.55. The van der Waals surface area contributed by atoms with Crippen molar-refractivity contribution in [3.63, 3.8) is 0 Å². The number of hydrogen-bond donors (Lipinski definition) is 2. The van der Waals surface area contributed by atoms with Crippen molar-refractivity contribution in [1.29, 1.82) is 0 Å². The molecule has 1 saturated carbocycles. The number of nitrogens with one attached hydrogen (secondary N) is 1. The molecule has 0 saturated heterocycles. The van der Waals surface area contributed by atoms with Crippen molar-refractivity contribution in [3.8, 4) is 0 Å². The van der Waals surface area contributed by atoms with Gasteiger partial charge in [0.15, 0.2) is 0 Å². The first kappa shape index (κ1) is 15.5. The van der Waals surface area contributed by atoms with Crippen LogP contribution in [0.25, 0.3) is 0 Å². The summed E-state index contributed by atoms with van der Waals surface area (Å²) in [6, 6.07) is 0. The zero-order chi connectivity index (χ0) is 14.8. The van der Waals surface area contributed by atoms with Gasteiger partial charge in [-0.3, -0.25) is 4.79 Å². The smallest absolute Gasteiger partial charge is 0.291 e. The van der Waals surface area contributed by atoms with Gasteiger partial charge in [-0.05, 0) is 34.7 Å². The molecule has 1 aliphatic rings. The third kappa shape index (κ3) is 4.03. The highest BCUT2D eigenvalue weighted by atomic mass is 79.9. The molecule has 3 N–H and O–H groups in total. The maximum atomic E-state index is 12.2. The lowest BCUT2D eigenvalue weighted by molar-refractivity contribution is 0.262. The molecule has 2 rings (SSSR count). The Labute approximate surface area is 125 Å². The minimum Gasteiger partial charge on any atom is -0.378 e. The van der Waals surface area contributed by atoms with Crippen LogP contribution in [0.1, 0.15) is 19.3 Å². The highest BCUT2D eigenvalue weighted by Crippen LogP contribution is 2.27. The molecule has 0 aromatic carbocycles. The molecule has 0 radical (unpaired) electrons. The van der Waals surface area contributed by atoms with Crippen LogP contribution in [-0.2, 0) is 16.6 Å². The molecule has 0 bridgehead atoms. The van der Waals surface area contributed by atoms with E-state index in [1.165, 1.54) is 11.1 Å². The first-order chi connectivity index (χ1) is 9.37. The average Bonchev–Trinajstić information content (AvgIpc) is 2.29. The predicted octanol–water partition coefficient (Wildman–Crippen LogP) is 0.506. The molecule has 1 aliphatic carbocycles. The highest BCUT2D eigenvalue weighted by Gasteiger charge is 2.20. The van der Waals surface area contributed by atoms with E-state index in [1.807, 2.05) is 0 Å². The summed E-state index contributed by atoms with van der Waals surface area (Å²) in [5, 5.41) is 11.8. The average molecular weight is 365 g/mol. The lowest BCUT2D eigenvalue weighted by Gasteiger charge is -2.25. The van der Waals surface area contributed by atoms with Crippen LogP contribution in [-0.4, -0.2) is 30.5 Å². The van der Waals surface area contributed by atoms with Crippen LogP contribution < -0.4 is 16.0 Å². The molecule has 9 heteroatoms. The molecule has 0 unspecified atom stereocenters. The van der Waals surface area contributed by atoms with Crippen LogP contribution in [0, 0.1) is 5.92 Å². The lowest BCUT2D eigenvalue weighted by atomic mass is 9.85. The molecular formula is C11H17BrN4O3S. The van der Waals surface area contributed by atoms with Gasteiger partial charge in [-0.1, -0.05) is 6.42 Å². The van der Waals surface area contributed by atoms with Crippen molar-refractivity contribution in [3.05, 3.63) is 21.0 Å². The fourth-order valence-electron chi connectivity index (χ4n) is 2.00. The van der Waals surface area contributed by atoms with Gasteiger partial charge in [0.1, 0.15) is 5.69 Å². The van der Waals surface area contributed by atoms with Crippen LogP contribution in [0.5, 0.6) is 0 Å². The van der Waals surface area contributed by atoms with E-state index in [4.69, 9.17) is 5.14 Å². The Morgan fingerprint density at radius 2 is 2.20 bits per heavy atom. The minimum absolute atomic E-state index is 0.0834. The van der Waals surface area contributed by atoms with Crippen LogP contribution in [0.15, 0.2) is 15.5 Å². The topological polar surface area (TPSA) is 107 Å². The van der Waals surface area contributed by atoms with Crippen LogP contribution in [0.3, 0.4) is 0 Å². The Bertz CT molecular complexity index is 640. The van der Waals surface area contributed by atoms with Crippen molar-refractivity contribution in [2.75, 3.05) is 17.6 Å². The monoisotopic (exact) mass is 364 g/mol. The van der Waals surface area contributed by atoms with E-state index in [0.29, 0.717) is 22.6 Å². The second-order valence-electron chi connectivity index (χ2n) is 4.95. The van der Waals surface area contributed by atoms with Crippen molar-refractivity contribution in [1.82, 2.24) is 9.78 Å². The fourth-order valence-corrected chi connectivity index (χ4v) is 2.78. The molecule has 112 valence electrons. The van der Waals surface area contributed by atoms with Gasteiger partial charge in [-0.2, -0.15) is 5.10 Å². The number of hydrogen-bond acceptors (Lipinski definition) is 5. The van der Waals surface area contributed by atoms with Crippen molar-refractivity contribution in [2.24, 2.45) is 11.1 Å². The van der Waals surface area contributed by atoms with Gasteiger partial charge in [-0.25, -0.2) is 18.2 Å². The zero-order valence-electron chi connectivity index (χ0n) is 10.9. The molecule has 7 nitrogen and oxygen atoms in total. The predicted molar refractivity (Wildman–Crippen MR) is 80.0 cm³/mol. The Kier molecular flexibility index (Phi) is 4.82. The summed E-state index contributed by atoms with van der Waals surface area (Å²) in [6.45, 7) is 0.691. The quantitative estimate of drug-likeness (QED) is 0.764. The molecule has 1 heterocycles. The van der Waals surface area contributed by atoms with Gasteiger partial charge in [0.2, 0.25) is 10.0 Å². The lowest BCUT2D eigenvalue weighted by Crippen LogP contribution is -2.32. The highest BCUT2D eigenvalue weighted by molar-refractivity contribution is 9.10. The number of aromatic nitrogens is 2. The molecule has 0 amide bonds. The maximum absolute atomic E-state index is 12.2. The summed E-state index contributed by atoms with van der Waals surface area (Å²) >= 11 is 3.24. The molecule has 1 aromatic rings. The number of nitrogens with zero attached hydrogens (tertiary/aromatic N) is 2. The Balaban J connectivity index is 2.10. The summed E-state index contributed by atoms with van der Waals surface area (Å²) in [5.41, 5.74) is 0.0728. The molecule has 1 fully saturated rings. The SMILES string of the molecule is NS(=O)(=O)CCNc1c(Br)cnn(CC2CCC2)c1=O. The minimum atomic E-state index is -3.55. The van der Waals surface area contributed by atoms with E-state index in [0.717, 1.165) is 12.8 Å². The first-order valence-corrected chi connectivity index (χ1v) is 8.87. The molecule has 20 heavy (non-hydrogen) atoms. The van der Waals surface area contributed by atoms with E-state index in [2.05, 4.69) is 26.3 Å².